The third kappa shape index (κ3) is 3.15. The van der Waals surface area contributed by atoms with Gasteiger partial charge in [-0.1, -0.05) is 12.1 Å². The topological polar surface area (TPSA) is 52.1 Å². The fourth-order valence-corrected chi connectivity index (χ4v) is 2.09. The molecular weight excluding hydrogens is 238 g/mol. The number of aliphatic hydroxyl groups excluding tert-OH is 1. The number of aliphatic hydroxyl groups is 1. The van der Waals surface area contributed by atoms with E-state index in [1.54, 1.807) is 0 Å². The summed E-state index contributed by atoms with van der Waals surface area (Å²) in [5.74, 6) is 0.943. The summed E-state index contributed by atoms with van der Waals surface area (Å²) in [6.07, 6.45) is 1.53. The van der Waals surface area contributed by atoms with E-state index in [1.165, 1.54) is 5.69 Å². The number of aromatic amines is 1. The van der Waals surface area contributed by atoms with Crippen molar-refractivity contribution >= 4 is 5.69 Å². The molecule has 0 spiro atoms. The number of aryl methyl sites for hydroxylation is 2. The summed E-state index contributed by atoms with van der Waals surface area (Å²) >= 11 is 0. The molecule has 19 heavy (non-hydrogen) atoms. The maximum Gasteiger partial charge on any atom is 0.107 e. The van der Waals surface area contributed by atoms with Crippen LogP contribution in [-0.2, 0) is 6.42 Å². The number of imidazole rings is 1. The molecule has 0 aliphatic carbocycles. The smallest absolute Gasteiger partial charge is 0.107 e. The highest BCUT2D eigenvalue weighted by Gasteiger charge is 2.09. The molecular formula is C15H21N3O. The van der Waals surface area contributed by atoms with Crippen molar-refractivity contribution in [2.75, 3.05) is 25.6 Å². The highest BCUT2D eigenvalue weighted by Crippen LogP contribution is 2.24. The molecule has 0 amide bonds. The number of rotatable bonds is 5. The van der Waals surface area contributed by atoms with Crippen LogP contribution in [0.25, 0.3) is 11.3 Å². The second kappa shape index (κ2) is 5.89. The van der Waals surface area contributed by atoms with Crippen LogP contribution in [0.3, 0.4) is 0 Å². The number of nitrogens with one attached hydrogen (secondary N) is 1. The first-order valence-electron chi connectivity index (χ1n) is 6.56. The lowest BCUT2D eigenvalue weighted by molar-refractivity contribution is 0.287. The maximum absolute atomic E-state index is 8.86. The summed E-state index contributed by atoms with van der Waals surface area (Å²) in [4.78, 5) is 9.97. The summed E-state index contributed by atoms with van der Waals surface area (Å²) in [6, 6.07) is 8.37. The lowest BCUT2D eigenvalue weighted by atomic mass is 10.1. The molecule has 0 atom stereocenters. The zero-order valence-electron chi connectivity index (χ0n) is 11.8. The molecule has 102 valence electrons. The standard InChI is InChI=1S/C15H21N3O/c1-11-15(17-14(16-11)5-4-10-19)12-6-8-13(9-7-12)18(2)3/h6-9,19H,4-5,10H2,1-3H3,(H,16,17). The van der Waals surface area contributed by atoms with Crippen molar-refractivity contribution in [2.24, 2.45) is 0 Å². The Labute approximate surface area is 114 Å². The Morgan fingerprint density at radius 3 is 2.47 bits per heavy atom. The van der Waals surface area contributed by atoms with E-state index in [1.807, 2.05) is 21.0 Å². The van der Waals surface area contributed by atoms with Gasteiger partial charge in [-0.2, -0.15) is 0 Å². The Bertz CT molecular complexity index is 529. The van der Waals surface area contributed by atoms with Gasteiger partial charge >= 0.3 is 0 Å². The van der Waals surface area contributed by atoms with Crippen molar-refractivity contribution in [1.82, 2.24) is 9.97 Å². The molecule has 4 heteroatoms. The number of aromatic nitrogens is 2. The molecule has 0 saturated carbocycles. The molecule has 1 aromatic carbocycles. The fourth-order valence-electron chi connectivity index (χ4n) is 2.09. The zero-order chi connectivity index (χ0) is 13.8. The highest BCUT2D eigenvalue weighted by molar-refractivity contribution is 5.65. The fraction of sp³-hybridized carbons (Fsp3) is 0.400. The van der Waals surface area contributed by atoms with E-state index in [0.717, 1.165) is 35.6 Å². The first-order chi connectivity index (χ1) is 9.11. The van der Waals surface area contributed by atoms with Gasteiger partial charge in [0.05, 0.1) is 5.69 Å². The largest absolute Gasteiger partial charge is 0.396 e. The highest BCUT2D eigenvalue weighted by atomic mass is 16.2. The van der Waals surface area contributed by atoms with E-state index >= 15 is 0 Å². The number of nitrogens with zero attached hydrogens (tertiary/aromatic N) is 2. The van der Waals surface area contributed by atoms with E-state index in [2.05, 4.69) is 39.1 Å². The number of anilines is 1. The molecule has 0 saturated heterocycles. The van der Waals surface area contributed by atoms with E-state index in [-0.39, 0.29) is 6.61 Å². The van der Waals surface area contributed by atoms with Gasteiger partial charge in [0, 0.05) is 44.1 Å². The Morgan fingerprint density at radius 2 is 1.89 bits per heavy atom. The van der Waals surface area contributed by atoms with E-state index in [0.29, 0.717) is 0 Å². The van der Waals surface area contributed by atoms with Crippen LogP contribution in [0.1, 0.15) is 17.9 Å². The Morgan fingerprint density at radius 1 is 1.21 bits per heavy atom. The summed E-state index contributed by atoms with van der Waals surface area (Å²) in [5.41, 5.74) is 4.37. The molecule has 2 rings (SSSR count). The monoisotopic (exact) mass is 259 g/mol. The van der Waals surface area contributed by atoms with Crippen LogP contribution in [0, 0.1) is 6.92 Å². The van der Waals surface area contributed by atoms with Crippen LogP contribution in [0.5, 0.6) is 0 Å². The zero-order valence-corrected chi connectivity index (χ0v) is 11.8. The summed E-state index contributed by atoms with van der Waals surface area (Å²) in [5, 5.41) is 8.86. The first-order valence-corrected chi connectivity index (χ1v) is 6.56. The molecule has 1 aromatic heterocycles. The number of hydrogen-bond acceptors (Lipinski definition) is 3. The van der Waals surface area contributed by atoms with E-state index in [4.69, 9.17) is 5.11 Å². The van der Waals surface area contributed by atoms with Gasteiger partial charge in [0.25, 0.3) is 0 Å². The van der Waals surface area contributed by atoms with Gasteiger partial charge in [0.2, 0.25) is 0 Å². The van der Waals surface area contributed by atoms with Crippen LogP contribution >= 0.6 is 0 Å². The minimum absolute atomic E-state index is 0.201. The Hall–Kier alpha value is -1.81. The minimum Gasteiger partial charge on any atom is -0.396 e. The maximum atomic E-state index is 8.86. The van der Waals surface area contributed by atoms with Gasteiger partial charge in [0.1, 0.15) is 5.82 Å². The summed E-state index contributed by atoms with van der Waals surface area (Å²) < 4.78 is 0. The van der Waals surface area contributed by atoms with E-state index < -0.39 is 0 Å². The van der Waals surface area contributed by atoms with Crippen LogP contribution in [0.4, 0.5) is 5.69 Å². The summed E-state index contributed by atoms with van der Waals surface area (Å²) in [6.45, 7) is 2.23. The number of hydrogen-bond donors (Lipinski definition) is 2. The SMILES string of the molecule is Cc1[nH]c(CCCO)nc1-c1ccc(N(C)C)cc1. The van der Waals surface area contributed by atoms with Crippen LogP contribution in [0.2, 0.25) is 0 Å². The third-order valence-electron chi connectivity index (χ3n) is 3.16. The average Bonchev–Trinajstić information content (AvgIpc) is 2.77. The van der Waals surface area contributed by atoms with Gasteiger partial charge in [-0.05, 0) is 25.5 Å². The van der Waals surface area contributed by atoms with E-state index in [9.17, 15) is 0 Å². The molecule has 4 nitrogen and oxygen atoms in total. The molecule has 0 aliphatic heterocycles. The van der Waals surface area contributed by atoms with Gasteiger partial charge in [-0.15, -0.1) is 0 Å². The molecule has 0 unspecified atom stereocenters. The quantitative estimate of drug-likeness (QED) is 0.866. The molecule has 1 heterocycles. The second-order valence-corrected chi connectivity index (χ2v) is 4.93. The minimum atomic E-state index is 0.201. The molecule has 0 radical (unpaired) electrons. The number of benzene rings is 1. The normalized spacial score (nSPS) is 10.7. The van der Waals surface area contributed by atoms with Gasteiger partial charge in [-0.25, -0.2) is 4.98 Å². The Kier molecular flexibility index (Phi) is 4.22. The molecule has 2 aromatic rings. The second-order valence-electron chi connectivity index (χ2n) is 4.93. The lowest BCUT2D eigenvalue weighted by Crippen LogP contribution is -2.07. The first kappa shape index (κ1) is 13.6. The van der Waals surface area contributed by atoms with Crippen molar-refractivity contribution in [3.63, 3.8) is 0 Å². The molecule has 0 aliphatic rings. The Balaban J connectivity index is 2.23. The predicted molar refractivity (Wildman–Crippen MR) is 78.5 cm³/mol. The average molecular weight is 259 g/mol. The van der Waals surface area contributed by atoms with Gasteiger partial charge < -0.3 is 15.0 Å². The van der Waals surface area contributed by atoms with Gasteiger partial charge in [0.15, 0.2) is 0 Å². The van der Waals surface area contributed by atoms with Crippen LogP contribution in [-0.4, -0.2) is 35.8 Å². The van der Waals surface area contributed by atoms with Crippen molar-refractivity contribution in [3.05, 3.63) is 35.8 Å². The van der Waals surface area contributed by atoms with Gasteiger partial charge in [-0.3, -0.25) is 0 Å². The van der Waals surface area contributed by atoms with Crippen molar-refractivity contribution in [3.8, 4) is 11.3 Å². The predicted octanol–water partition coefficient (Wildman–Crippen LogP) is 2.38. The van der Waals surface area contributed by atoms with Crippen molar-refractivity contribution in [1.29, 1.82) is 0 Å². The number of H-pyrrole nitrogens is 1. The molecule has 2 N–H and O–H groups in total. The van der Waals surface area contributed by atoms with Crippen LogP contribution < -0.4 is 4.90 Å². The van der Waals surface area contributed by atoms with Crippen LogP contribution in [0.15, 0.2) is 24.3 Å². The van der Waals surface area contributed by atoms with Crippen molar-refractivity contribution in [2.45, 2.75) is 19.8 Å². The molecule has 0 bridgehead atoms. The molecule has 0 fully saturated rings. The van der Waals surface area contributed by atoms with Crippen molar-refractivity contribution < 1.29 is 5.11 Å². The lowest BCUT2D eigenvalue weighted by Gasteiger charge is -2.12. The third-order valence-corrected chi connectivity index (χ3v) is 3.16. The summed E-state index contributed by atoms with van der Waals surface area (Å²) in [7, 11) is 4.06.